The Hall–Kier alpha value is -2.68. The highest BCUT2D eigenvalue weighted by Crippen LogP contribution is 2.33. The van der Waals surface area contributed by atoms with Crippen molar-refractivity contribution in [3.8, 4) is 11.5 Å². The second-order valence-electron chi connectivity index (χ2n) is 5.83. The number of nitrogens with zero attached hydrogens (tertiary/aromatic N) is 1. The van der Waals surface area contributed by atoms with Crippen LogP contribution in [0.15, 0.2) is 23.1 Å². The second-order valence-corrected chi connectivity index (χ2v) is 7.45. The largest absolute Gasteiger partial charge is 0.497 e. The Labute approximate surface area is 159 Å². The van der Waals surface area contributed by atoms with Crippen molar-refractivity contribution in [3.05, 3.63) is 35.2 Å². The number of esters is 1. The monoisotopic (exact) mass is 396 g/mol. The fraction of sp³-hybridized carbons (Fsp3) is 0.389. The molecule has 0 amide bonds. The summed E-state index contributed by atoms with van der Waals surface area (Å²) in [5.41, 5.74) is 1.19. The van der Waals surface area contributed by atoms with E-state index in [2.05, 4.69) is 4.72 Å². The Kier molecular flexibility index (Phi) is 6.04. The zero-order valence-corrected chi connectivity index (χ0v) is 17.1. The Bertz CT molecular complexity index is 963. The molecule has 1 heterocycles. The van der Waals surface area contributed by atoms with Crippen LogP contribution in [0.2, 0.25) is 0 Å². The lowest BCUT2D eigenvalue weighted by atomic mass is 10.2. The van der Waals surface area contributed by atoms with Gasteiger partial charge in [-0.25, -0.2) is 13.2 Å². The minimum atomic E-state index is -4.08. The second kappa shape index (κ2) is 7.91. The lowest BCUT2D eigenvalue weighted by molar-refractivity contribution is 0.0521. The third-order valence-electron chi connectivity index (χ3n) is 4.33. The van der Waals surface area contributed by atoms with Crippen LogP contribution in [-0.4, -0.2) is 39.8 Å². The number of rotatable bonds is 7. The molecule has 8 nitrogen and oxygen atoms in total. The van der Waals surface area contributed by atoms with Crippen molar-refractivity contribution in [2.75, 3.05) is 25.5 Å². The van der Waals surface area contributed by atoms with Gasteiger partial charge in [0.15, 0.2) is 0 Å². The van der Waals surface area contributed by atoms with E-state index in [4.69, 9.17) is 14.2 Å². The van der Waals surface area contributed by atoms with Gasteiger partial charge in [-0.3, -0.25) is 4.72 Å². The Morgan fingerprint density at radius 3 is 2.37 bits per heavy atom. The predicted octanol–water partition coefficient (Wildman–Crippen LogP) is 2.64. The molecule has 0 atom stereocenters. The molecule has 0 spiro atoms. The van der Waals surface area contributed by atoms with Crippen LogP contribution in [-0.2, 0) is 21.8 Å². The maximum atomic E-state index is 13.1. The highest BCUT2D eigenvalue weighted by atomic mass is 32.2. The molecule has 0 radical (unpaired) electrons. The van der Waals surface area contributed by atoms with Crippen LogP contribution in [0.25, 0.3) is 0 Å². The van der Waals surface area contributed by atoms with Crippen LogP contribution in [0, 0.1) is 13.8 Å². The number of aromatic nitrogens is 1. The van der Waals surface area contributed by atoms with Gasteiger partial charge in [-0.05, 0) is 32.9 Å². The molecule has 9 heteroatoms. The lowest BCUT2D eigenvalue weighted by Gasteiger charge is -2.14. The molecule has 0 aliphatic rings. The molecule has 0 saturated heterocycles. The van der Waals surface area contributed by atoms with Crippen molar-refractivity contribution in [2.24, 2.45) is 7.05 Å². The van der Waals surface area contributed by atoms with Gasteiger partial charge >= 0.3 is 5.97 Å². The summed E-state index contributed by atoms with van der Waals surface area (Å²) in [7, 11) is 0.536. The maximum Gasteiger partial charge on any atom is 0.341 e. The number of nitrogens with one attached hydrogen (secondary N) is 1. The number of carbonyl (C=O) groups excluding carboxylic acids is 1. The van der Waals surface area contributed by atoms with Gasteiger partial charge in [-0.1, -0.05) is 0 Å². The van der Waals surface area contributed by atoms with Crippen LogP contribution < -0.4 is 14.2 Å². The lowest BCUT2D eigenvalue weighted by Crippen LogP contribution is -2.18. The van der Waals surface area contributed by atoms with Gasteiger partial charge < -0.3 is 18.8 Å². The highest BCUT2D eigenvalue weighted by Gasteiger charge is 2.32. The van der Waals surface area contributed by atoms with Crippen LogP contribution in [0.4, 0.5) is 5.69 Å². The van der Waals surface area contributed by atoms with Crippen molar-refractivity contribution in [1.29, 1.82) is 0 Å². The molecule has 0 saturated carbocycles. The quantitative estimate of drug-likeness (QED) is 0.723. The summed E-state index contributed by atoms with van der Waals surface area (Å²) in [5, 5.41) is 0. The standard InChI is InChI=1S/C18H24N2O6S/c1-7-26-18(21)16-11(2)20(4)12(3)17(16)27(22,23)19-14-9-8-13(24-5)10-15(14)25-6/h8-10,19H,7H2,1-6H3. The van der Waals surface area contributed by atoms with E-state index in [0.29, 0.717) is 22.9 Å². The Morgan fingerprint density at radius 2 is 1.81 bits per heavy atom. The van der Waals surface area contributed by atoms with E-state index in [-0.39, 0.29) is 22.8 Å². The van der Waals surface area contributed by atoms with Gasteiger partial charge in [0.25, 0.3) is 10.0 Å². The summed E-state index contributed by atoms with van der Waals surface area (Å²) >= 11 is 0. The first kappa shape index (κ1) is 20.6. The smallest absolute Gasteiger partial charge is 0.341 e. The molecular weight excluding hydrogens is 372 g/mol. The maximum absolute atomic E-state index is 13.1. The number of methoxy groups -OCH3 is 2. The first-order valence-electron chi connectivity index (χ1n) is 8.25. The normalized spacial score (nSPS) is 11.2. The first-order valence-corrected chi connectivity index (χ1v) is 9.74. The SMILES string of the molecule is CCOC(=O)c1c(S(=O)(=O)Nc2ccc(OC)cc2OC)c(C)n(C)c1C. The molecule has 0 bridgehead atoms. The van der Waals surface area contributed by atoms with Crippen LogP contribution in [0.3, 0.4) is 0 Å². The number of hydrogen-bond donors (Lipinski definition) is 1. The fourth-order valence-electron chi connectivity index (χ4n) is 2.77. The van der Waals surface area contributed by atoms with E-state index in [1.807, 2.05) is 0 Å². The molecule has 1 N–H and O–H groups in total. The van der Waals surface area contributed by atoms with Gasteiger partial charge in [0.2, 0.25) is 0 Å². The van der Waals surface area contributed by atoms with E-state index in [1.165, 1.54) is 20.3 Å². The molecule has 0 aliphatic carbocycles. The molecule has 2 aromatic rings. The minimum absolute atomic E-state index is 0.0248. The third kappa shape index (κ3) is 3.87. The summed E-state index contributed by atoms with van der Waals surface area (Å²) < 4.78 is 45.8. The van der Waals surface area contributed by atoms with E-state index >= 15 is 0 Å². The first-order chi connectivity index (χ1) is 12.7. The molecule has 148 valence electrons. The number of sulfonamides is 1. The summed E-state index contributed by atoms with van der Waals surface area (Å²) in [4.78, 5) is 12.3. The summed E-state index contributed by atoms with van der Waals surface area (Å²) in [6.07, 6.45) is 0. The van der Waals surface area contributed by atoms with Crippen LogP contribution in [0.1, 0.15) is 28.7 Å². The molecule has 1 aromatic carbocycles. The zero-order valence-electron chi connectivity index (χ0n) is 16.2. The molecule has 0 unspecified atom stereocenters. The van der Waals surface area contributed by atoms with Gasteiger partial charge in [0.1, 0.15) is 22.0 Å². The van der Waals surface area contributed by atoms with E-state index in [1.54, 1.807) is 44.5 Å². The average Bonchev–Trinajstić information content (AvgIpc) is 2.86. The summed E-state index contributed by atoms with van der Waals surface area (Å²) in [6, 6.07) is 4.70. The Morgan fingerprint density at radius 1 is 1.15 bits per heavy atom. The summed E-state index contributed by atoms with van der Waals surface area (Å²) in [6.45, 7) is 5.12. The predicted molar refractivity (Wildman–Crippen MR) is 101 cm³/mol. The molecule has 1 aromatic heterocycles. The molecule has 2 rings (SSSR count). The molecule has 0 fully saturated rings. The topological polar surface area (TPSA) is 95.9 Å². The van der Waals surface area contributed by atoms with Crippen LogP contribution >= 0.6 is 0 Å². The van der Waals surface area contributed by atoms with Crippen molar-refractivity contribution in [1.82, 2.24) is 4.57 Å². The van der Waals surface area contributed by atoms with Gasteiger partial charge in [-0.15, -0.1) is 0 Å². The van der Waals surface area contributed by atoms with Crippen molar-refractivity contribution in [2.45, 2.75) is 25.7 Å². The van der Waals surface area contributed by atoms with E-state index < -0.39 is 16.0 Å². The van der Waals surface area contributed by atoms with E-state index in [9.17, 15) is 13.2 Å². The van der Waals surface area contributed by atoms with Gasteiger partial charge in [0, 0.05) is 24.5 Å². The van der Waals surface area contributed by atoms with Crippen molar-refractivity contribution in [3.63, 3.8) is 0 Å². The number of hydrogen-bond acceptors (Lipinski definition) is 6. The van der Waals surface area contributed by atoms with Crippen molar-refractivity contribution < 1.29 is 27.4 Å². The zero-order chi connectivity index (χ0) is 20.4. The number of benzene rings is 1. The number of anilines is 1. The minimum Gasteiger partial charge on any atom is -0.497 e. The third-order valence-corrected chi connectivity index (χ3v) is 5.85. The summed E-state index contributed by atoms with van der Waals surface area (Å²) in [5.74, 6) is 0.135. The van der Waals surface area contributed by atoms with E-state index in [0.717, 1.165) is 0 Å². The molecule has 27 heavy (non-hydrogen) atoms. The number of ether oxygens (including phenoxy) is 3. The fourth-order valence-corrected chi connectivity index (χ4v) is 4.35. The molecule has 0 aliphatic heterocycles. The average molecular weight is 396 g/mol. The highest BCUT2D eigenvalue weighted by molar-refractivity contribution is 7.92. The number of carbonyl (C=O) groups is 1. The Balaban J connectivity index is 2.58. The van der Waals surface area contributed by atoms with Crippen LogP contribution in [0.5, 0.6) is 11.5 Å². The van der Waals surface area contributed by atoms with Crippen molar-refractivity contribution >= 4 is 21.7 Å². The van der Waals surface area contributed by atoms with Gasteiger partial charge in [0.05, 0.1) is 26.5 Å². The van der Waals surface area contributed by atoms with Gasteiger partial charge in [-0.2, -0.15) is 0 Å². The molecular formula is C18H24N2O6S.